The van der Waals surface area contributed by atoms with Gasteiger partial charge in [-0.1, -0.05) is 30.3 Å². The number of rotatable bonds is 7. The van der Waals surface area contributed by atoms with Crippen molar-refractivity contribution in [3.05, 3.63) is 77.4 Å². The van der Waals surface area contributed by atoms with E-state index in [-0.39, 0.29) is 6.04 Å². The van der Waals surface area contributed by atoms with Crippen molar-refractivity contribution in [3.63, 3.8) is 0 Å². The highest BCUT2D eigenvalue weighted by Crippen LogP contribution is 2.50. The van der Waals surface area contributed by atoms with Crippen LogP contribution in [0.3, 0.4) is 0 Å². The van der Waals surface area contributed by atoms with Gasteiger partial charge in [0.1, 0.15) is 11.5 Å². The SMILES string of the molecule is CCOc1ccc2c(c1)[C@@H]1CC(c3ccccc3)=NN1[C@@H](c1cc(OC)c(OC)c(OC)c1)O2. The average molecular weight is 461 g/mol. The number of hydrogen-bond donors (Lipinski definition) is 0. The van der Waals surface area contributed by atoms with E-state index in [1.54, 1.807) is 21.3 Å². The lowest BCUT2D eigenvalue weighted by Gasteiger charge is -2.38. The standard InChI is InChI=1S/C27H28N2O5/c1-5-33-19-11-12-23-20(15-19)22-16-21(17-9-7-6-8-10-17)28-29(22)27(34-23)18-13-24(30-2)26(32-4)25(14-18)31-3/h6-15,22,27H,5,16H2,1-4H3/t22-,27+/m0/s1. The van der Waals surface area contributed by atoms with Gasteiger partial charge in [0, 0.05) is 17.5 Å². The minimum absolute atomic E-state index is 0.00320. The number of hydrogen-bond acceptors (Lipinski definition) is 7. The van der Waals surface area contributed by atoms with Gasteiger partial charge in [-0.2, -0.15) is 5.10 Å². The molecule has 0 aromatic heterocycles. The molecule has 34 heavy (non-hydrogen) atoms. The number of fused-ring (bicyclic) bond motifs is 3. The molecule has 0 amide bonds. The first-order valence-electron chi connectivity index (χ1n) is 11.3. The Labute approximate surface area is 199 Å². The Morgan fingerprint density at radius 1 is 0.941 bits per heavy atom. The molecule has 0 spiro atoms. The maximum atomic E-state index is 6.53. The largest absolute Gasteiger partial charge is 0.494 e. The molecule has 2 heterocycles. The molecule has 3 aromatic rings. The second-order valence-corrected chi connectivity index (χ2v) is 8.07. The first kappa shape index (κ1) is 21.9. The zero-order valence-electron chi connectivity index (χ0n) is 19.8. The molecule has 0 N–H and O–H groups in total. The summed E-state index contributed by atoms with van der Waals surface area (Å²) in [5.74, 6) is 3.32. The van der Waals surface area contributed by atoms with Crippen LogP contribution in [0.4, 0.5) is 0 Å². The maximum absolute atomic E-state index is 6.53. The van der Waals surface area contributed by atoms with Crippen LogP contribution in [0.25, 0.3) is 0 Å². The van der Waals surface area contributed by atoms with Crippen molar-refractivity contribution in [2.45, 2.75) is 25.6 Å². The van der Waals surface area contributed by atoms with Gasteiger partial charge in [0.05, 0.1) is 39.7 Å². The number of methoxy groups -OCH3 is 3. The van der Waals surface area contributed by atoms with Crippen molar-refractivity contribution in [1.82, 2.24) is 5.01 Å². The van der Waals surface area contributed by atoms with E-state index >= 15 is 0 Å². The molecule has 3 aromatic carbocycles. The second-order valence-electron chi connectivity index (χ2n) is 8.07. The molecule has 0 saturated carbocycles. The Morgan fingerprint density at radius 2 is 1.68 bits per heavy atom. The summed E-state index contributed by atoms with van der Waals surface area (Å²) in [6, 6.07) is 20.1. The molecule has 0 unspecified atom stereocenters. The monoisotopic (exact) mass is 460 g/mol. The van der Waals surface area contributed by atoms with Gasteiger partial charge in [0.2, 0.25) is 12.0 Å². The van der Waals surface area contributed by atoms with Crippen molar-refractivity contribution in [2.24, 2.45) is 5.10 Å². The van der Waals surface area contributed by atoms with E-state index in [0.29, 0.717) is 23.9 Å². The molecule has 7 heteroatoms. The first-order chi connectivity index (χ1) is 16.7. The highest BCUT2D eigenvalue weighted by atomic mass is 16.5. The molecule has 176 valence electrons. The Balaban J connectivity index is 1.62. The van der Waals surface area contributed by atoms with Crippen LogP contribution in [0.1, 0.15) is 42.3 Å². The van der Waals surface area contributed by atoms with E-state index in [4.69, 9.17) is 28.8 Å². The lowest BCUT2D eigenvalue weighted by atomic mass is 9.95. The minimum atomic E-state index is -0.467. The second kappa shape index (κ2) is 9.17. The van der Waals surface area contributed by atoms with Crippen molar-refractivity contribution in [2.75, 3.05) is 27.9 Å². The normalized spacial score (nSPS) is 18.4. The van der Waals surface area contributed by atoms with Crippen molar-refractivity contribution in [1.29, 1.82) is 0 Å². The van der Waals surface area contributed by atoms with Gasteiger partial charge in [-0.15, -0.1) is 0 Å². The van der Waals surface area contributed by atoms with Crippen LogP contribution in [0, 0.1) is 0 Å². The molecule has 0 aliphatic carbocycles. The molecular weight excluding hydrogens is 432 g/mol. The smallest absolute Gasteiger partial charge is 0.214 e. The number of benzene rings is 3. The first-order valence-corrected chi connectivity index (χ1v) is 11.3. The Kier molecular flexibility index (Phi) is 5.92. The zero-order valence-corrected chi connectivity index (χ0v) is 19.8. The van der Waals surface area contributed by atoms with Crippen LogP contribution in [-0.2, 0) is 0 Å². The average Bonchev–Trinajstić information content (AvgIpc) is 3.34. The molecule has 0 bridgehead atoms. The van der Waals surface area contributed by atoms with Crippen LogP contribution in [0.5, 0.6) is 28.7 Å². The molecule has 7 nitrogen and oxygen atoms in total. The lowest BCUT2D eigenvalue weighted by Crippen LogP contribution is -2.33. The van der Waals surface area contributed by atoms with Gasteiger partial charge in [-0.3, -0.25) is 0 Å². The van der Waals surface area contributed by atoms with Gasteiger partial charge in [0.15, 0.2) is 11.5 Å². The maximum Gasteiger partial charge on any atom is 0.214 e. The van der Waals surface area contributed by atoms with Crippen LogP contribution in [0.15, 0.2) is 65.8 Å². The van der Waals surface area contributed by atoms with Gasteiger partial charge >= 0.3 is 0 Å². The van der Waals surface area contributed by atoms with Crippen molar-refractivity contribution >= 4 is 5.71 Å². The van der Waals surface area contributed by atoms with E-state index in [2.05, 4.69) is 18.2 Å². The quantitative estimate of drug-likeness (QED) is 0.474. The van der Waals surface area contributed by atoms with E-state index in [1.807, 2.05) is 54.4 Å². The fourth-order valence-corrected chi connectivity index (χ4v) is 4.59. The summed E-state index contributed by atoms with van der Waals surface area (Å²) in [5, 5.41) is 7.07. The molecule has 0 radical (unpaired) electrons. The fraction of sp³-hybridized carbons (Fsp3) is 0.296. The third-order valence-corrected chi connectivity index (χ3v) is 6.15. The Bertz CT molecular complexity index is 1190. The zero-order chi connectivity index (χ0) is 23.7. The summed E-state index contributed by atoms with van der Waals surface area (Å²) in [6.07, 6.45) is 0.294. The summed E-state index contributed by atoms with van der Waals surface area (Å²) in [5.41, 5.74) is 4.03. The number of nitrogens with zero attached hydrogens (tertiary/aromatic N) is 2. The molecule has 0 fully saturated rings. The van der Waals surface area contributed by atoms with Gasteiger partial charge < -0.3 is 23.7 Å². The molecule has 2 aliphatic heterocycles. The van der Waals surface area contributed by atoms with Crippen LogP contribution < -0.4 is 23.7 Å². The molecule has 2 atom stereocenters. The third kappa shape index (κ3) is 3.77. The van der Waals surface area contributed by atoms with Gasteiger partial charge in [-0.05, 0) is 42.8 Å². The van der Waals surface area contributed by atoms with E-state index in [0.717, 1.165) is 40.3 Å². The molecule has 0 saturated heterocycles. The predicted molar refractivity (Wildman–Crippen MR) is 129 cm³/mol. The molecule has 2 aliphatic rings. The Hall–Kier alpha value is -3.87. The number of ether oxygens (including phenoxy) is 5. The van der Waals surface area contributed by atoms with Crippen molar-refractivity contribution in [3.8, 4) is 28.7 Å². The summed E-state index contributed by atoms with van der Waals surface area (Å²) in [6.45, 7) is 2.59. The van der Waals surface area contributed by atoms with Crippen molar-refractivity contribution < 1.29 is 23.7 Å². The van der Waals surface area contributed by atoms with E-state index in [1.165, 1.54) is 0 Å². The third-order valence-electron chi connectivity index (χ3n) is 6.15. The summed E-state index contributed by atoms with van der Waals surface area (Å²) in [7, 11) is 4.81. The van der Waals surface area contributed by atoms with E-state index in [9.17, 15) is 0 Å². The number of hydrazone groups is 1. The highest BCUT2D eigenvalue weighted by Gasteiger charge is 2.41. The van der Waals surface area contributed by atoms with Crippen LogP contribution >= 0.6 is 0 Å². The minimum Gasteiger partial charge on any atom is -0.494 e. The molecular formula is C27H28N2O5. The summed E-state index contributed by atoms with van der Waals surface area (Å²) in [4.78, 5) is 0. The topological polar surface area (TPSA) is 61.8 Å². The Morgan fingerprint density at radius 3 is 2.32 bits per heavy atom. The summed E-state index contributed by atoms with van der Waals surface area (Å²) >= 11 is 0. The van der Waals surface area contributed by atoms with Gasteiger partial charge in [0.25, 0.3) is 0 Å². The van der Waals surface area contributed by atoms with Gasteiger partial charge in [-0.25, -0.2) is 5.01 Å². The predicted octanol–water partition coefficient (Wildman–Crippen LogP) is 5.35. The fourth-order valence-electron chi connectivity index (χ4n) is 4.59. The summed E-state index contributed by atoms with van der Waals surface area (Å²) < 4.78 is 29.0. The van der Waals surface area contributed by atoms with Crippen LogP contribution in [0.2, 0.25) is 0 Å². The molecule has 5 rings (SSSR count). The van der Waals surface area contributed by atoms with Crippen LogP contribution in [-0.4, -0.2) is 38.7 Å². The highest BCUT2D eigenvalue weighted by molar-refractivity contribution is 6.01. The lowest BCUT2D eigenvalue weighted by molar-refractivity contribution is -0.0194. The van der Waals surface area contributed by atoms with E-state index < -0.39 is 6.23 Å².